The molecule has 0 atom stereocenters. The van der Waals surface area contributed by atoms with E-state index >= 15 is 0 Å². The summed E-state index contributed by atoms with van der Waals surface area (Å²) >= 11 is 0. The molecule has 168 valence electrons. The largest absolute Gasteiger partial charge is 0.467 e. The van der Waals surface area contributed by atoms with E-state index in [-0.39, 0.29) is 24.9 Å². The lowest BCUT2D eigenvalue weighted by atomic mass is 9.75. The third kappa shape index (κ3) is 8.45. The van der Waals surface area contributed by atoms with Gasteiger partial charge in [0, 0.05) is 5.92 Å². The lowest BCUT2D eigenvalue weighted by molar-refractivity contribution is -0.133. The molecule has 2 rings (SSSR count). The third-order valence-electron chi connectivity index (χ3n) is 6.41. The van der Waals surface area contributed by atoms with E-state index in [0.717, 1.165) is 56.1 Å². The number of carbonyl (C=O) groups is 2. The van der Waals surface area contributed by atoms with Crippen molar-refractivity contribution in [2.45, 2.75) is 83.5 Å². The van der Waals surface area contributed by atoms with Crippen LogP contribution in [0.2, 0.25) is 0 Å². The molecular formula is C25H37FO4. The number of rotatable bonds is 15. The standard InChI is InChI=1S/C25H37FO4/c1-2-3-4-5-6-7-23-12-13-24(15-25(23)26)22-10-8-20(9-11-22)14-21(16-29-18-27)17-30-19-28/h12-13,15,18-22H,2-11,14,16-17H2,1H3. The molecule has 1 aromatic carbocycles. The van der Waals surface area contributed by atoms with E-state index in [4.69, 9.17) is 9.47 Å². The number of hydrogen-bond acceptors (Lipinski definition) is 4. The number of aryl methyl sites for hydroxylation is 1. The summed E-state index contributed by atoms with van der Waals surface area (Å²) in [6.45, 7) is 3.64. The van der Waals surface area contributed by atoms with Gasteiger partial charge in [0.15, 0.2) is 0 Å². The monoisotopic (exact) mass is 420 g/mol. The van der Waals surface area contributed by atoms with Gasteiger partial charge in [-0.05, 0) is 74.0 Å². The van der Waals surface area contributed by atoms with Crippen LogP contribution in [0.25, 0.3) is 0 Å². The fraction of sp³-hybridized carbons (Fsp3) is 0.680. The van der Waals surface area contributed by atoms with E-state index in [2.05, 4.69) is 13.0 Å². The van der Waals surface area contributed by atoms with Crippen LogP contribution in [0.5, 0.6) is 0 Å². The predicted molar refractivity (Wildman–Crippen MR) is 116 cm³/mol. The molecule has 1 fully saturated rings. The predicted octanol–water partition coefficient (Wildman–Crippen LogP) is 5.96. The second-order valence-electron chi connectivity index (χ2n) is 8.69. The summed E-state index contributed by atoms with van der Waals surface area (Å²) < 4.78 is 24.3. The van der Waals surface area contributed by atoms with Crippen molar-refractivity contribution in [1.29, 1.82) is 0 Å². The van der Waals surface area contributed by atoms with E-state index in [1.54, 1.807) is 6.07 Å². The Morgan fingerprint density at radius 3 is 2.27 bits per heavy atom. The molecule has 0 saturated heterocycles. The van der Waals surface area contributed by atoms with Crippen LogP contribution >= 0.6 is 0 Å². The fourth-order valence-corrected chi connectivity index (χ4v) is 4.68. The summed E-state index contributed by atoms with van der Waals surface area (Å²) in [6, 6.07) is 5.86. The zero-order valence-electron chi connectivity index (χ0n) is 18.3. The third-order valence-corrected chi connectivity index (χ3v) is 6.41. The second-order valence-corrected chi connectivity index (χ2v) is 8.69. The maximum absolute atomic E-state index is 14.6. The highest BCUT2D eigenvalue weighted by Crippen LogP contribution is 2.38. The normalized spacial score (nSPS) is 18.9. The lowest BCUT2D eigenvalue weighted by Gasteiger charge is -2.31. The topological polar surface area (TPSA) is 52.6 Å². The van der Waals surface area contributed by atoms with Crippen LogP contribution in [0.15, 0.2) is 18.2 Å². The Morgan fingerprint density at radius 1 is 1.00 bits per heavy atom. The van der Waals surface area contributed by atoms with Gasteiger partial charge in [0.25, 0.3) is 12.9 Å². The molecular weight excluding hydrogens is 383 g/mol. The molecule has 30 heavy (non-hydrogen) atoms. The minimum Gasteiger partial charge on any atom is -0.467 e. The van der Waals surface area contributed by atoms with E-state index in [9.17, 15) is 14.0 Å². The number of carbonyl (C=O) groups excluding carboxylic acids is 2. The SMILES string of the molecule is CCCCCCCc1ccc(C2CCC(CC(COC=O)COC=O)CC2)cc1F. The maximum Gasteiger partial charge on any atom is 0.293 e. The highest BCUT2D eigenvalue weighted by atomic mass is 19.1. The van der Waals surface area contributed by atoms with E-state index in [0.29, 0.717) is 24.8 Å². The van der Waals surface area contributed by atoms with E-state index in [1.165, 1.54) is 25.7 Å². The molecule has 0 amide bonds. The molecule has 0 N–H and O–H groups in total. The van der Waals surface area contributed by atoms with Crippen LogP contribution in [0.1, 0.15) is 88.2 Å². The number of benzene rings is 1. The molecule has 1 aliphatic rings. The molecule has 0 radical (unpaired) electrons. The van der Waals surface area contributed by atoms with Crippen LogP contribution in [-0.2, 0) is 25.5 Å². The first-order valence-corrected chi connectivity index (χ1v) is 11.6. The van der Waals surface area contributed by atoms with Gasteiger partial charge in [-0.1, -0.05) is 44.7 Å². The number of unbranched alkanes of at least 4 members (excludes halogenated alkanes) is 4. The van der Waals surface area contributed by atoms with Crippen LogP contribution in [0.4, 0.5) is 4.39 Å². The molecule has 0 heterocycles. The van der Waals surface area contributed by atoms with Gasteiger partial charge in [-0.3, -0.25) is 9.59 Å². The van der Waals surface area contributed by atoms with Gasteiger partial charge in [-0.25, -0.2) is 4.39 Å². The van der Waals surface area contributed by atoms with Crippen LogP contribution in [0.3, 0.4) is 0 Å². The van der Waals surface area contributed by atoms with Crippen molar-refractivity contribution in [3.05, 3.63) is 35.1 Å². The highest BCUT2D eigenvalue weighted by Gasteiger charge is 2.25. The van der Waals surface area contributed by atoms with Crippen molar-refractivity contribution in [2.24, 2.45) is 11.8 Å². The lowest BCUT2D eigenvalue weighted by Crippen LogP contribution is -2.22. The molecule has 0 unspecified atom stereocenters. The van der Waals surface area contributed by atoms with Gasteiger partial charge >= 0.3 is 0 Å². The van der Waals surface area contributed by atoms with Crippen molar-refractivity contribution >= 4 is 12.9 Å². The van der Waals surface area contributed by atoms with Gasteiger partial charge in [-0.15, -0.1) is 0 Å². The molecule has 1 saturated carbocycles. The molecule has 0 spiro atoms. The van der Waals surface area contributed by atoms with Gasteiger partial charge in [0.2, 0.25) is 0 Å². The van der Waals surface area contributed by atoms with Crippen molar-refractivity contribution in [1.82, 2.24) is 0 Å². The zero-order valence-corrected chi connectivity index (χ0v) is 18.3. The minimum atomic E-state index is -0.0535. The number of ether oxygens (including phenoxy) is 2. The van der Waals surface area contributed by atoms with Crippen molar-refractivity contribution in [2.75, 3.05) is 13.2 Å². The minimum absolute atomic E-state index is 0.0380. The van der Waals surface area contributed by atoms with Crippen LogP contribution in [-0.4, -0.2) is 26.2 Å². The van der Waals surface area contributed by atoms with Gasteiger partial charge in [0.1, 0.15) is 5.82 Å². The fourth-order valence-electron chi connectivity index (χ4n) is 4.68. The zero-order chi connectivity index (χ0) is 21.6. The average Bonchev–Trinajstić information content (AvgIpc) is 2.77. The summed E-state index contributed by atoms with van der Waals surface area (Å²) in [6.07, 6.45) is 11.9. The first kappa shape index (κ1) is 24.4. The first-order chi connectivity index (χ1) is 14.7. The summed E-state index contributed by atoms with van der Waals surface area (Å²) in [5.41, 5.74) is 1.96. The summed E-state index contributed by atoms with van der Waals surface area (Å²) in [7, 11) is 0. The quantitative estimate of drug-likeness (QED) is 0.259. The van der Waals surface area contributed by atoms with Crippen molar-refractivity contribution < 1.29 is 23.5 Å². The number of hydrogen-bond donors (Lipinski definition) is 0. The summed E-state index contributed by atoms with van der Waals surface area (Å²) in [5.74, 6) is 0.910. The number of halogens is 1. The Bertz CT molecular complexity index is 614. The Labute approximate surface area is 180 Å². The van der Waals surface area contributed by atoms with Crippen LogP contribution < -0.4 is 0 Å². The molecule has 1 aliphatic carbocycles. The van der Waals surface area contributed by atoms with Gasteiger partial charge < -0.3 is 9.47 Å². The molecule has 0 aliphatic heterocycles. The van der Waals surface area contributed by atoms with Gasteiger partial charge in [-0.2, -0.15) is 0 Å². The smallest absolute Gasteiger partial charge is 0.293 e. The second kappa shape index (κ2) is 14.2. The Balaban J connectivity index is 1.80. The van der Waals surface area contributed by atoms with Crippen molar-refractivity contribution in [3.63, 3.8) is 0 Å². The summed E-state index contributed by atoms with van der Waals surface area (Å²) in [4.78, 5) is 20.9. The Morgan fingerprint density at radius 2 is 1.67 bits per heavy atom. The average molecular weight is 421 g/mol. The molecule has 5 heteroatoms. The van der Waals surface area contributed by atoms with E-state index in [1.807, 2.05) is 6.07 Å². The maximum atomic E-state index is 14.6. The van der Waals surface area contributed by atoms with Crippen molar-refractivity contribution in [3.8, 4) is 0 Å². The summed E-state index contributed by atoms with van der Waals surface area (Å²) in [5, 5.41) is 0. The van der Waals surface area contributed by atoms with E-state index < -0.39 is 0 Å². The molecule has 1 aromatic rings. The molecule has 0 aromatic heterocycles. The molecule has 0 bridgehead atoms. The Kier molecular flexibility index (Phi) is 11.5. The highest BCUT2D eigenvalue weighted by molar-refractivity contribution is 5.37. The first-order valence-electron chi connectivity index (χ1n) is 11.6. The van der Waals surface area contributed by atoms with Gasteiger partial charge in [0.05, 0.1) is 13.2 Å². The Hall–Kier alpha value is -1.91. The molecule has 4 nitrogen and oxygen atoms in total. The van der Waals surface area contributed by atoms with Crippen LogP contribution in [0, 0.1) is 17.7 Å².